The average Bonchev–Trinajstić information content (AvgIpc) is 2.65. The van der Waals surface area contributed by atoms with Crippen molar-refractivity contribution in [2.75, 3.05) is 5.01 Å². The number of hydrogen-bond donors (Lipinski definition) is 0. The number of halogens is 6. The molecule has 0 saturated carbocycles. The van der Waals surface area contributed by atoms with Crippen LogP contribution in [0.2, 0.25) is 0 Å². The van der Waals surface area contributed by atoms with Crippen molar-refractivity contribution in [1.29, 1.82) is 0 Å². The molecule has 0 N–H and O–H groups in total. The fraction of sp³-hybridized carbons (Fsp3) is 0.200. The Labute approximate surface area is 102 Å². The summed E-state index contributed by atoms with van der Waals surface area (Å²) >= 11 is 0. The number of rotatable bonds is 1. The molecule has 1 aromatic rings. The molecule has 0 aromatic heterocycles. The number of carbonyl (C=O) groups is 1. The third-order valence-electron chi connectivity index (χ3n) is 2.32. The quantitative estimate of drug-likeness (QED) is 0.576. The van der Waals surface area contributed by atoms with Crippen LogP contribution in [0, 0.1) is 17.5 Å². The van der Waals surface area contributed by atoms with Gasteiger partial charge < -0.3 is 0 Å². The van der Waals surface area contributed by atoms with Crippen molar-refractivity contribution in [3.05, 3.63) is 29.6 Å². The Kier molecular flexibility index (Phi) is 2.99. The van der Waals surface area contributed by atoms with E-state index in [1.807, 2.05) is 0 Å². The predicted molar refractivity (Wildman–Crippen MR) is 51.9 cm³/mol. The third-order valence-corrected chi connectivity index (χ3v) is 2.32. The maximum Gasteiger partial charge on any atom is 0.431 e. The van der Waals surface area contributed by atoms with Gasteiger partial charge in [-0.15, -0.1) is 0 Å². The molecule has 0 aliphatic carbocycles. The predicted octanol–water partition coefficient (Wildman–Crippen LogP) is 2.76. The summed E-state index contributed by atoms with van der Waals surface area (Å²) < 4.78 is 75.9. The molecule has 0 spiro atoms. The zero-order valence-corrected chi connectivity index (χ0v) is 8.93. The van der Waals surface area contributed by atoms with Crippen molar-refractivity contribution in [1.82, 2.24) is 0 Å². The first-order chi connectivity index (χ1) is 8.70. The topological polar surface area (TPSA) is 32.7 Å². The lowest BCUT2D eigenvalue weighted by Gasteiger charge is -2.12. The normalized spacial score (nSPS) is 16.0. The van der Waals surface area contributed by atoms with Gasteiger partial charge in [-0.3, -0.25) is 4.79 Å². The van der Waals surface area contributed by atoms with E-state index in [0.29, 0.717) is 0 Å². The Morgan fingerprint density at radius 1 is 1.05 bits per heavy atom. The molecule has 0 atom stereocenters. The molecular formula is C10H4F6N2O. The summed E-state index contributed by atoms with van der Waals surface area (Å²) in [7, 11) is 0. The van der Waals surface area contributed by atoms with Crippen LogP contribution in [-0.2, 0) is 4.79 Å². The minimum absolute atomic E-state index is 0.0701. The van der Waals surface area contributed by atoms with Gasteiger partial charge in [-0.05, 0) is 0 Å². The number of amides is 1. The van der Waals surface area contributed by atoms with Crippen molar-refractivity contribution in [3.8, 4) is 0 Å². The van der Waals surface area contributed by atoms with Crippen LogP contribution in [0.3, 0.4) is 0 Å². The van der Waals surface area contributed by atoms with E-state index in [1.165, 1.54) is 0 Å². The fourth-order valence-corrected chi connectivity index (χ4v) is 1.45. The number of hydrogen-bond acceptors (Lipinski definition) is 2. The second-order valence-corrected chi connectivity index (χ2v) is 3.64. The summed E-state index contributed by atoms with van der Waals surface area (Å²) in [5.41, 5.74) is -2.30. The number of alkyl halides is 3. The van der Waals surface area contributed by atoms with Crippen LogP contribution in [0.4, 0.5) is 32.0 Å². The lowest BCUT2D eigenvalue weighted by atomic mass is 10.2. The number of benzene rings is 1. The molecule has 0 fully saturated rings. The van der Waals surface area contributed by atoms with Crippen molar-refractivity contribution in [2.45, 2.75) is 12.6 Å². The molecule has 0 unspecified atom stereocenters. The molecule has 0 bridgehead atoms. The summed E-state index contributed by atoms with van der Waals surface area (Å²) in [6.45, 7) is 0. The second-order valence-electron chi connectivity index (χ2n) is 3.64. The Balaban J connectivity index is 2.46. The van der Waals surface area contributed by atoms with Crippen LogP contribution in [-0.4, -0.2) is 17.8 Å². The van der Waals surface area contributed by atoms with Gasteiger partial charge in [-0.2, -0.15) is 23.3 Å². The van der Waals surface area contributed by atoms with Crippen LogP contribution in [0.15, 0.2) is 17.2 Å². The van der Waals surface area contributed by atoms with Crippen LogP contribution in [0.25, 0.3) is 0 Å². The van der Waals surface area contributed by atoms with E-state index in [0.717, 1.165) is 0 Å². The van der Waals surface area contributed by atoms with E-state index in [2.05, 4.69) is 5.10 Å². The van der Waals surface area contributed by atoms with Gasteiger partial charge in [0.05, 0.1) is 6.42 Å². The highest BCUT2D eigenvalue weighted by atomic mass is 19.4. The van der Waals surface area contributed by atoms with E-state index >= 15 is 0 Å². The van der Waals surface area contributed by atoms with Gasteiger partial charge in [-0.1, -0.05) is 0 Å². The van der Waals surface area contributed by atoms with Crippen LogP contribution in [0.5, 0.6) is 0 Å². The molecule has 0 radical (unpaired) electrons. The third kappa shape index (κ3) is 2.40. The highest BCUT2D eigenvalue weighted by molar-refractivity contribution is 6.14. The fourth-order valence-electron chi connectivity index (χ4n) is 1.45. The zero-order chi connectivity index (χ0) is 14.4. The first kappa shape index (κ1) is 13.4. The van der Waals surface area contributed by atoms with Crippen LogP contribution >= 0.6 is 0 Å². The SMILES string of the molecule is O=C1CC(C(F)(F)F)=NN1c1cc(F)c(F)cc1F. The Bertz CT molecular complexity index is 580. The lowest BCUT2D eigenvalue weighted by molar-refractivity contribution is -0.117. The average molecular weight is 282 g/mol. The summed E-state index contributed by atoms with van der Waals surface area (Å²) in [5.74, 6) is -5.59. The van der Waals surface area contributed by atoms with Crippen molar-refractivity contribution in [2.24, 2.45) is 5.10 Å². The molecule has 1 amide bonds. The highest BCUT2D eigenvalue weighted by Crippen LogP contribution is 2.30. The smallest absolute Gasteiger partial charge is 0.272 e. The summed E-state index contributed by atoms with van der Waals surface area (Å²) in [6.07, 6.45) is -5.93. The molecule has 102 valence electrons. The second kappa shape index (κ2) is 4.25. The monoisotopic (exact) mass is 282 g/mol. The van der Waals surface area contributed by atoms with Crippen LogP contribution in [0.1, 0.15) is 6.42 Å². The largest absolute Gasteiger partial charge is 0.431 e. The van der Waals surface area contributed by atoms with Gasteiger partial charge in [0.2, 0.25) is 0 Å². The van der Waals surface area contributed by atoms with Gasteiger partial charge in [-0.25, -0.2) is 13.2 Å². The van der Waals surface area contributed by atoms with E-state index in [9.17, 15) is 31.1 Å². The molecule has 1 aromatic carbocycles. The minimum atomic E-state index is -4.85. The highest BCUT2D eigenvalue weighted by Gasteiger charge is 2.43. The summed E-state index contributed by atoms with van der Waals surface area (Å²) in [4.78, 5) is 11.3. The number of nitrogens with zero attached hydrogens (tertiary/aromatic N) is 2. The molecule has 0 saturated heterocycles. The molecule has 3 nitrogen and oxygen atoms in total. The Morgan fingerprint density at radius 2 is 1.63 bits per heavy atom. The molecule has 2 rings (SSSR count). The van der Waals surface area contributed by atoms with Gasteiger partial charge in [0.15, 0.2) is 23.2 Å². The van der Waals surface area contributed by atoms with E-state index in [1.54, 1.807) is 0 Å². The maximum absolute atomic E-state index is 13.3. The van der Waals surface area contributed by atoms with Gasteiger partial charge in [0.25, 0.3) is 5.91 Å². The van der Waals surface area contributed by atoms with E-state index in [4.69, 9.17) is 0 Å². The molecule has 1 heterocycles. The van der Waals surface area contributed by atoms with Crippen LogP contribution < -0.4 is 5.01 Å². The maximum atomic E-state index is 13.3. The van der Waals surface area contributed by atoms with Gasteiger partial charge >= 0.3 is 6.18 Å². The number of carbonyl (C=O) groups excluding carboxylic acids is 1. The van der Waals surface area contributed by atoms with Gasteiger partial charge in [0.1, 0.15) is 5.69 Å². The lowest BCUT2D eigenvalue weighted by Crippen LogP contribution is -2.22. The molecular weight excluding hydrogens is 278 g/mol. The first-order valence-electron chi connectivity index (χ1n) is 4.82. The number of anilines is 1. The summed E-state index contributed by atoms with van der Waals surface area (Å²) in [6, 6.07) is 0.393. The Hall–Kier alpha value is -2.06. The minimum Gasteiger partial charge on any atom is -0.272 e. The van der Waals surface area contributed by atoms with E-state index in [-0.39, 0.29) is 17.1 Å². The molecule has 1 aliphatic rings. The summed E-state index contributed by atoms with van der Waals surface area (Å²) in [5, 5.41) is 2.96. The Morgan fingerprint density at radius 3 is 2.16 bits per heavy atom. The first-order valence-corrected chi connectivity index (χ1v) is 4.82. The standard InChI is InChI=1S/C10H4F6N2O/c11-4-1-6(13)7(2-5(4)12)18-9(19)3-8(17-18)10(14,15)16/h1-2H,3H2. The number of hydrazone groups is 1. The van der Waals surface area contributed by atoms with E-state index < -0.39 is 47.4 Å². The molecule has 9 heteroatoms. The van der Waals surface area contributed by atoms with Crippen molar-refractivity contribution in [3.63, 3.8) is 0 Å². The van der Waals surface area contributed by atoms with Gasteiger partial charge in [0, 0.05) is 12.1 Å². The van der Waals surface area contributed by atoms with Crippen molar-refractivity contribution >= 4 is 17.3 Å². The van der Waals surface area contributed by atoms with Crippen molar-refractivity contribution < 1.29 is 31.1 Å². The zero-order valence-electron chi connectivity index (χ0n) is 8.93. The molecule has 1 aliphatic heterocycles. The molecule has 19 heavy (non-hydrogen) atoms.